The first kappa shape index (κ1) is 29.4. The minimum atomic E-state index is -0.844. The van der Waals surface area contributed by atoms with Crippen LogP contribution in [0.25, 0.3) is 17.2 Å². The fourth-order valence-corrected chi connectivity index (χ4v) is 4.60. The lowest BCUT2D eigenvalue weighted by Gasteiger charge is -2.17. The summed E-state index contributed by atoms with van der Waals surface area (Å²) in [7, 11) is 1.59. The van der Waals surface area contributed by atoms with Crippen LogP contribution in [0.5, 0.6) is 17.2 Å². The molecular formula is C35H35FO5. The van der Waals surface area contributed by atoms with Gasteiger partial charge in [0.15, 0.2) is 0 Å². The highest BCUT2D eigenvalue weighted by atomic mass is 19.1. The van der Waals surface area contributed by atoms with E-state index < -0.39 is 5.97 Å². The minimum absolute atomic E-state index is 0.0344. The number of aliphatic carboxylic acids is 1. The van der Waals surface area contributed by atoms with Gasteiger partial charge in [0, 0.05) is 23.6 Å². The summed E-state index contributed by atoms with van der Waals surface area (Å²) in [5, 5.41) is 9.13. The molecule has 1 N–H and O–H groups in total. The Morgan fingerprint density at radius 1 is 0.902 bits per heavy atom. The van der Waals surface area contributed by atoms with Gasteiger partial charge in [-0.05, 0) is 65.8 Å². The zero-order valence-electron chi connectivity index (χ0n) is 23.4. The molecule has 0 atom stereocenters. The first-order chi connectivity index (χ1) is 20.0. The molecule has 0 aliphatic heterocycles. The molecule has 0 spiro atoms. The van der Waals surface area contributed by atoms with Gasteiger partial charge in [-0.15, -0.1) is 0 Å². The third kappa shape index (κ3) is 8.21. The molecule has 6 heteroatoms. The van der Waals surface area contributed by atoms with Gasteiger partial charge in [0.25, 0.3) is 0 Å². The quantitative estimate of drug-likeness (QED) is 0.159. The molecule has 212 valence electrons. The van der Waals surface area contributed by atoms with Crippen molar-refractivity contribution in [3.05, 3.63) is 119 Å². The van der Waals surface area contributed by atoms with Crippen molar-refractivity contribution in [2.75, 3.05) is 13.7 Å². The summed E-state index contributed by atoms with van der Waals surface area (Å²) < 4.78 is 31.6. The van der Waals surface area contributed by atoms with Crippen molar-refractivity contribution in [1.29, 1.82) is 0 Å². The Morgan fingerprint density at radius 2 is 1.68 bits per heavy atom. The highest BCUT2D eigenvalue weighted by molar-refractivity contribution is 5.73. The van der Waals surface area contributed by atoms with E-state index in [4.69, 9.17) is 19.3 Å². The predicted molar refractivity (Wildman–Crippen MR) is 160 cm³/mol. The van der Waals surface area contributed by atoms with E-state index in [0.29, 0.717) is 37.6 Å². The van der Waals surface area contributed by atoms with Gasteiger partial charge >= 0.3 is 5.97 Å². The van der Waals surface area contributed by atoms with Crippen molar-refractivity contribution in [2.45, 2.75) is 39.2 Å². The lowest BCUT2D eigenvalue weighted by atomic mass is 9.99. The normalized spacial score (nSPS) is 11.0. The average molecular weight is 555 g/mol. The predicted octanol–water partition coefficient (Wildman–Crippen LogP) is 8.14. The van der Waals surface area contributed by atoms with E-state index in [1.54, 1.807) is 19.2 Å². The smallest absolute Gasteiger partial charge is 0.303 e. The van der Waals surface area contributed by atoms with Crippen LogP contribution in [0, 0.1) is 5.82 Å². The van der Waals surface area contributed by atoms with Crippen molar-refractivity contribution in [3.8, 4) is 28.4 Å². The molecule has 4 aromatic carbocycles. The molecule has 0 saturated carbocycles. The van der Waals surface area contributed by atoms with E-state index in [0.717, 1.165) is 45.6 Å². The number of rotatable bonds is 14. The Labute approximate surface area is 240 Å². The number of hydrogen-bond donors (Lipinski definition) is 1. The molecule has 0 fully saturated rings. The van der Waals surface area contributed by atoms with Crippen LogP contribution >= 0.6 is 0 Å². The topological polar surface area (TPSA) is 65.0 Å². The third-order valence-corrected chi connectivity index (χ3v) is 6.75. The second-order valence-electron chi connectivity index (χ2n) is 9.55. The Balaban J connectivity index is 1.51. The largest absolute Gasteiger partial charge is 0.496 e. The number of aryl methyl sites for hydroxylation is 1. The molecule has 0 amide bonds. The number of methoxy groups -OCH3 is 1. The number of ether oxygens (including phenoxy) is 3. The fraction of sp³-hybridized carbons (Fsp3) is 0.229. The van der Waals surface area contributed by atoms with E-state index in [1.807, 2.05) is 66.7 Å². The molecule has 0 bridgehead atoms. The molecule has 0 aliphatic carbocycles. The van der Waals surface area contributed by atoms with Gasteiger partial charge in [-0.25, -0.2) is 4.39 Å². The Morgan fingerprint density at radius 3 is 2.39 bits per heavy atom. The molecule has 0 heterocycles. The zero-order chi connectivity index (χ0) is 29.0. The second kappa shape index (κ2) is 14.7. The molecule has 4 aromatic rings. The van der Waals surface area contributed by atoms with Crippen LogP contribution < -0.4 is 14.2 Å². The van der Waals surface area contributed by atoms with E-state index in [9.17, 15) is 9.18 Å². The number of carbonyl (C=O) groups is 1. The number of benzene rings is 4. The first-order valence-corrected chi connectivity index (χ1v) is 13.7. The minimum Gasteiger partial charge on any atom is -0.496 e. The van der Waals surface area contributed by atoms with Gasteiger partial charge in [-0.3, -0.25) is 4.79 Å². The number of hydrogen-bond acceptors (Lipinski definition) is 4. The molecule has 0 radical (unpaired) electrons. The van der Waals surface area contributed by atoms with Crippen LogP contribution in [0.2, 0.25) is 0 Å². The Kier molecular flexibility index (Phi) is 10.5. The molecule has 41 heavy (non-hydrogen) atoms. The maximum absolute atomic E-state index is 13.6. The van der Waals surface area contributed by atoms with Crippen LogP contribution in [0.3, 0.4) is 0 Å². The molecule has 0 saturated heterocycles. The Bertz CT molecular complexity index is 1460. The molecule has 0 unspecified atom stereocenters. The van der Waals surface area contributed by atoms with Gasteiger partial charge < -0.3 is 19.3 Å². The van der Waals surface area contributed by atoms with E-state index in [1.165, 1.54) is 12.1 Å². The lowest BCUT2D eigenvalue weighted by Crippen LogP contribution is -2.03. The van der Waals surface area contributed by atoms with Crippen molar-refractivity contribution >= 4 is 12.0 Å². The first-order valence-electron chi connectivity index (χ1n) is 13.7. The molecule has 4 rings (SSSR count). The summed E-state index contributed by atoms with van der Waals surface area (Å²) in [5.41, 5.74) is 5.64. The van der Waals surface area contributed by atoms with Crippen LogP contribution in [-0.4, -0.2) is 24.8 Å². The number of halogens is 1. The number of carboxylic acids is 1. The summed E-state index contributed by atoms with van der Waals surface area (Å²) in [6.45, 7) is 2.92. The summed E-state index contributed by atoms with van der Waals surface area (Å²) in [4.78, 5) is 11.1. The highest BCUT2D eigenvalue weighted by Crippen LogP contribution is 2.37. The van der Waals surface area contributed by atoms with Crippen molar-refractivity contribution in [1.82, 2.24) is 0 Å². The SMILES string of the molecule is CCc1cc(-c2ccc(F)cc2)c(OCc2ccccc2)cc1OCCC=Cc1cccc(OC)c1CCC(=O)O. The van der Waals surface area contributed by atoms with E-state index in [2.05, 4.69) is 13.0 Å². The lowest BCUT2D eigenvalue weighted by molar-refractivity contribution is -0.136. The van der Waals surface area contributed by atoms with E-state index in [-0.39, 0.29) is 12.2 Å². The van der Waals surface area contributed by atoms with Gasteiger partial charge in [0.1, 0.15) is 29.7 Å². The van der Waals surface area contributed by atoms with Crippen molar-refractivity contribution < 1.29 is 28.5 Å². The zero-order valence-corrected chi connectivity index (χ0v) is 23.4. The summed E-state index contributed by atoms with van der Waals surface area (Å²) in [6, 6.07) is 26.0. The molecule has 0 aromatic heterocycles. The van der Waals surface area contributed by atoms with Gasteiger partial charge in [0.05, 0.1) is 13.7 Å². The highest BCUT2D eigenvalue weighted by Gasteiger charge is 2.14. The fourth-order valence-electron chi connectivity index (χ4n) is 4.60. The third-order valence-electron chi connectivity index (χ3n) is 6.75. The average Bonchev–Trinajstić information content (AvgIpc) is 2.99. The number of carboxylic acid groups (broad SMARTS) is 1. The monoisotopic (exact) mass is 554 g/mol. The molecule has 0 aliphatic rings. The van der Waals surface area contributed by atoms with Crippen LogP contribution in [0.15, 0.2) is 91.0 Å². The Hall–Kier alpha value is -4.58. The maximum atomic E-state index is 13.6. The van der Waals surface area contributed by atoms with Crippen LogP contribution in [0.1, 0.15) is 42.0 Å². The molecule has 5 nitrogen and oxygen atoms in total. The van der Waals surface area contributed by atoms with Gasteiger partial charge in [-0.2, -0.15) is 0 Å². The van der Waals surface area contributed by atoms with Gasteiger partial charge in [0.2, 0.25) is 0 Å². The second-order valence-corrected chi connectivity index (χ2v) is 9.55. The summed E-state index contributed by atoms with van der Waals surface area (Å²) in [6.07, 6.45) is 5.84. The van der Waals surface area contributed by atoms with Crippen LogP contribution in [0.4, 0.5) is 4.39 Å². The standard InChI is InChI=1S/C35H35FO5/c1-3-26-22-31(28-15-17-29(36)18-16-28)34(41-24-25-10-5-4-6-11-25)23-33(26)40-21-8-7-12-27-13-9-14-32(39-2)30(27)19-20-35(37)38/h4-7,9-18,22-23H,3,8,19-21,24H2,1-2H3,(H,37,38). The van der Waals surface area contributed by atoms with Gasteiger partial charge in [-0.1, -0.05) is 73.7 Å². The molecular weight excluding hydrogens is 519 g/mol. The summed E-state index contributed by atoms with van der Waals surface area (Å²) in [5.74, 6) is 0.971. The summed E-state index contributed by atoms with van der Waals surface area (Å²) >= 11 is 0. The van der Waals surface area contributed by atoms with Crippen molar-refractivity contribution in [2.24, 2.45) is 0 Å². The maximum Gasteiger partial charge on any atom is 0.303 e. The van der Waals surface area contributed by atoms with Crippen LogP contribution in [-0.2, 0) is 24.2 Å². The van der Waals surface area contributed by atoms with E-state index >= 15 is 0 Å². The van der Waals surface area contributed by atoms with Crippen molar-refractivity contribution in [3.63, 3.8) is 0 Å².